The minimum atomic E-state index is -0.176. The number of nitrogens with one attached hydrogen (secondary N) is 1. The summed E-state index contributed by atoms with van der Waals surface area (Å²) < 4.78 is 0. The highest BCUT2D eigenvalue weighted by atomic mass is 32.1. The van der Waals surface area contributed by atoms with Crippen molar-refractivity contribution in [2.24, 2.45) is 0 Å². The summed E-state index contributed by atoms with van der Waals surface area (Å²) in [5.74, 6) is -0.176. The fourth-order valence-electron chi connectivity index (χ4n) is 1.30. The van der Waals surface area contributed by atoms with E-state index in [1.165, 1.54) is 0 Å². The minimum absolute atomic E-state index is 0.176. The Balaban J connectivity index is 2.54. The highest BCUT2D eigenvalue weighted by Crippen LogP contribution is 2.11. The molecular formula is C9H16N4OS. The summed E-state index contributed by atoms with van der Waals surface area (Å²) in [6, 6.07) is 0.215. The van der Waals surface area contributed by atoms with Crippen molar-refractivity contribution in [3.63, 3.8) is 0 Å². The summed E-state index contributed by atoms with van der Waals surface area (Å²) in [6.07, 6.45) is 2.96. The van der Waals surface area contributed by atoms with Gasteiger partial charge in [0.15, 0.2) is 0 Å². The highest BCUT2D eigenvalue weighted by molar-refractivity contribution is 7.16. The lowest BCUT2D eigenvalue weighted by molar-refractivity contribution is 0.0932. The van der Waals surface area contributed by atoms with Crippen LogP contribution < -0.4 is 11.1 Å². The topological polar surface area (TPSA) is 80.9 Å². The quantitative estimate of drug-likeness (QED) is 0.798. The van der Waals surface area contributed by atoms with Gasteiger partial charge in [-0.2, -0.15) is 0 Å². The molecule has 1 aromatic rings. The lowest BCUT2D eigenvalue weighted by Gasteiger charge is -2.14. The highest BCUT2D eigenvalue weighted by Gasteiger charge is 2.15. The normalized spacial score (nSPS) is 12.4. The predicted molar refractivity (Wildman–Crippen MR) is 60.8 cm³/mol. The van der Waals surface area contributed by atoms with Crippen LogP contribution in [0.1, 0.15) is 42.9 Å². The van der Waals surface area contributed by atoms with Crippen LogP contribution in [0.15, 0.2) is 0 Å². The van der Waals surface area contributed by atoms with E-state index in [4.69, 9.17) is 5.73 Å². The van der Waals surface area contributed by atoms with E-state index >= 15 is 0 Å². The van der Waals surface area contributed by atoms with E-state index in [2.05, 4.69) is 29.4 Å². The van der Waals surface area contributed by atoms with Gasteiger partial charge < -0.3 is 11.1 Å². The Morgan fingerprint density at radius 1 is 1.53 bits per heavy atom. The van der Waals surface area contributed by atoms with Crippen molar-refractivity contribution in [1.29, 1.82) is 0 Å². The predicted octanol–water partition coefficient (Wildman–Crippen LogP) is 1.43. The maximum absolute atomic E-state index is 11.6. The zero-order valence-corrected chi connectivity index (χ0v) is 9.80. The zero-order valence-electron chi connectivity index (χ0n) is 8.99. The number of nitrogens with two attached hydrogens (primary N) is 1. The second-order valence-electron chi connectivity index (χ2n) is 3.31. The molecule has 5 nitrogen and oxygen atoms in total. The van der Waals surface area contributed by atoms with Crippen molar-refractivity contribution in [1.82, 2.24) is 15.5 Å². The van der Waals surface area contributed by atoms with Crippen molar-refractivity contribution >= 4 is 22.4 Å². The number of anilines is 1. The second-order valence-corrected chi connectivity index (χ2v) is 4.32. The van der Waals surface area contributed by atoms with E-state index in [1.807, 2.05) is 0 Å². The SMILES string of the molecule is CCCC(CC)NC(=O)c1nnc(N)s1. The molecule has 0 fully saturated rings. The number of carbonyl (C=O) groups excluding carboxylic acids is 1. The van der Waals surface area contributed by atoms with Crippen molar-refractivity contribution in [2.45, 2.75) is 39.2 Å². The van der Waals surface area contributed by atoms with E-state index in [0.29, 0.717) is 10.1 Å². The van der Waals surface area contributed by atoms with Gasteiger partial charge >= 0.3 is 0 Å². The smallest absolute Gasteiger partial charge is 0.282 e. The number of rotatable bonds is 5. The third-order valence-corrected chi connectivity index (χ3v) is 2.85. The van der Waals surface area contributed by atoms with Crippen LogP contribution in [-0.4, -0.2) is 22.1 Å². The van der Waals surface area contributed by atoms with Crippen LogP contribution in [0.2, 0.25) is 0 Å². The summed E-state index contributed by atoms with van der Waals surface area (Å²) in [4.78, 5) is 11.6. The molecule has 1 unspecified atom stereocenters. The van der Waals surface area contributed by atoms with E-state index in [-0.39, 0.29) is 11.9 Å². The maximum Gasteiger partial charge on any atom is 0.282 e. The average molecular weight is 228 g/mol. The molecule has 1 amide bonds. The summed E-state index contributed by atoms with van der Waals surface area (Å²) >= 11 is 1.11. The third-order valence-electron chi connectivity index (χ3n) is 2.10. The number of amides is 1. The van der Waals surface area contributed by atoms with Gasteiger partial charge in [-0.15, -0.1) is 10.2 Å². The van der Waals surface area contributed by atoms with Crippen LogP contribution in [0.4, 0.5) is 5.13 Å². The van der Waals surface area contributed by atoms with E-state index in [9.17, 15) is 4.79 Å². The Kier molecular flexibility index (Phi) is 4.48. The number of nitrogens with zero attached hydrogens (tertiary/aromatic N) is 2. The van der Waals surface area contributed by atoms with E-state index in [1.54, 1.807) is 0 Å². The lowest BCUT2D eigenvalue weighted by Crippen LogP contribution is -2.34. The molecule has 84 valence electrons. The van der Waals surface area contributed by atoms with Gasteiger partial charge in [0.2, 0.25) is 10.1 Å². The number of hydrogen-bond donors (Lipinski definition) is 2. The molecule has 0 saturated carbocycles. The molecule has 15 heavy (non-hydrogen) atoms. The van der Waals surface area contributed by atoms with E-state index < -0.39 is 0 Å². The molecule has 0 aliphatic carbocycles. The molecule has 1 atom stereocenters. The Hall–Kier alpha value is -1.17. The summed E-state index contributed by atoms with van der Waals surface area (Å²) in [7, 11) is 0. The van der Waals surface area contributed by atoms with Crippen LogP contribution in [-0.2, 0) is 0 Å². The van der Waals surface area contributed by atoms with Crippen molar-refractivity contribution in [2.75, 3.05) is 5.73 Å². The summed E-state index contributed by atoms with van der Waals surface area (Å²) in [6.45, 7) is 4.15. The van der Waals surface area contributed by atoms with Crippen LogP contribution >= 0.6 is 11.3 Å². The monoisotopic (exact) mass is 228 g/mol. The lowest BCUT2D eigenvalue weighted by atomic mass is 10.1. The van der Waals surface area contributed by atoms with Gasteiger partial charge in [-0.05, 0) is 12.8 Å². The number of aromatic nitrogens is 2. The molecule has 0 aliphatic rings. The molecule has 0 spiro atoms. The van der Waals surface area contributed by atoms with Crippen LogP contribution in [0.5, 0.6) is 0 Å². The van der Waals surface area contributed by atoms with E-state index in [0.717, 1.165) is 30.6 Å². The van der Waals surface area contributed by atoms with Gasteiger partial charge in [0.25, 0.3) is 5.91 Å². The molecule has 0 aromatic carbocycles. The Labute approximate surface area is 93.1 Å². The first-order chi connectivity index (χ1) is 7.17. The van der Waals surface area contributed by atoms with Gasteiger partial charge in [-0.3, -0.25) is 4.79 Å². The first-order valence-corrected chi connectivity index (χ1v) is 5.88. The fourth-order valence-corrected chi connectivity index (χ4v) is 1.81. The van der Waals surface area contributed by atoms with Crippen molar-refractivity contribution < 1.29 is 4.79 Å². The van der Waals surface area contributed by atoms with Crippen LogP contribution in [0.3, 0.4) is 0 Å². The largest absolute Gasteiger partial charge is 0.374 e. The molecule has 1 rings (SSSR count). The van der Waals surface area contributed by atoms with Crippen molar-refractivity contribution in [3.05, 3.63) is 5.01 Å². The number of hydrogen-bond acceptors (Lipinski definition) is 5. The number of carbonyl (C=O) groups is 1. The van der Waals surface area contributed by atoms with Crippen LogP contribution in [0.25, 0.3) is 0 Å². The molecule has 0 saturated heterocycles. The Morgan fingerprint density at radius 3 is 2.73 bits per heavy atom. The maximum atomic E-state index is 11.6. The van der Waals surface area contributed by atoms with Gasteiger partial charge in [0, 0.05) is 6.04 Å². The molecule has 6 heteroatoms. The Bertz CT molecular complexity index is 326. The molecule has 0 radical (unpaired) electrons. The molecule has 3 N–H and O–H groups in total. The zero-order chi connectivity index (χ0) is 11.3. The fraction of sp³-hybridized carbons (Fsp3) is 0.667. The van der Waals surface area contributed by atoms with Gasteiger partial charge in [-0.1, -0.05) is 31.6 Å². The van der Waals surface area contributed by atoms with Crippen LogP contribution in [0, 0.1) is 0 Å². The first-order valence-electron chi connectivity index (χ1n) is 5.07. The summed E-state index contributed by atoms with van der Waals surface area (Å²) in [5, 5.41) is 10.9. The number of nitrogen functional groups attached to an aromatic ring is 1. The first kappa shape index (κ1) is 11.9. The molecule has 0 bridgehead atoms. The van der Waals surface area contributed by atoms with Gasteiger partial charge in [-0.25, -0.2) is 0 Å². The molecule has 1 aromatic heterocycles. The second kappa shape index (κ2) is 5.65. The average Bonchev–Trinajstić information content (AvgIpc) is 2.64. The van der Waals surface area contributed by atoms with Gasteiger partial charge in [0.05, 0.1) is 0 Å². The molecular weight excluding hydrogens is 212 g/mol. The Morgan fingerprint density at radius 2 is 2.27 bits per heavy atom. The van der Waals surface area contributed by atoms with Gasteiger partial charge in [0.1, 0.15) is 0 Å². The molecule has 1 heterocycles. The molecule has 0 aliphatic heterocycles. The van der Waals surface area contributed by atoms with Crippen molar-refractivity contribution in [3.8, 4) is 0 Å². The summed E-state index contributed by atoms with van der Waals surface area (Å²) in [5.41, 5.74) is 5.40. The standard InChI is InChI=1S/C9H16N4OS/c1-3-5-6(4-2)11-7(14)8-12-13-9(10)15-8/h6H,3-5H2,1-2H3,(H2,10,13)(H,11,14). The third kappa shape index (κ3) is 3.47. The minimum Gasteiger partial charge on any atom is -0.374 e.